The predicted molar refractivity (Wildman–Crippen MR) is 202 cm³/mol. The lowest BCUT2D eigenvalue weighted by atomic mass is 10.0. The molecular formula is C42H81NO3. The average Bonchev–Trinajstić information content (AvgIpc) is 3.06. The number of aliphatic hydroxyl groups is 2. The van der Waals surface area contributed by atoms with Gasteiger partial charge in [0, 0.05) is 6.42 Å². The van der Waals surface area contributed by atoms with Crippen molar-refractivity contribution in [3.8, 4) is 0 Å². The van der Waals surface area contributed by atoms with E-state index in [0.717, 1.165) is 19.3 Å². The van der Waals surface area contributed by atoms with E-state index in [-0.39, 0.29) is 12.5 Å². The minimum absolute atomic E-state index is 0.0792. The normalized spacial score (nSPS) is 13.2. The van der Waals surface area contributed by atoms with Gasteiger partial charge in [-0.15, -0.1) is 0 Å². The van der Waals surface area contributed by atoms with E-state index < -0.39 is 12.1 Å². The molecule has 2 atom stereocenters. The summed E-state index contributed by atoms with van der Waals surface area (Å²) in [4.78, 5) is 12.3. The molecule has 0 aromatic carbocycles. The van der Waals surface area contributed by atoms with E-state index in [2.05, 4.69) is 25.2 Å². The number of carbonyl (C=O) groups excluding carboxylic acids is 1. The lowest BCUT2D eigenvalue weighted by Crippen LogP contribution is -2.45. The third-order valence-electron chi connectivity index (χ3n) is 9.49. The maximum Gasteiger partial charge on any atom is 0.220 e. The fourth-order valence-corrected chi connectivity index (χ4v) is 6.30. The van der Waals surface area contributed by atoms with Crippen molar-refractivity contribution in [3.63, 3.8) is 0 Å². The molecule has 0 saturated carbocycles. The zero-order chi connectivity index (χ0) is 33.6. The van der Waals surface area contributed by atoms with Gasteiger partial charge in [0.1, 0.15) is 0 Å². The first kappa shape index (κ1) is 44.9. The first-order chi connectivity index (χ1) is 22.7. The van der Waals surface area contributed by atoms with Crippen LogP contribution in [0.5, 0.6) is 0 Å². The summed E-state index contributed by atoms with van der Waals surface area (Å²) in [6.45, 7) is 4.27. The molecule has 0 saturated heterocycles. The first-order valence-corrected chi connectivity index (χ1v) is 20.6. The molecule has 3 N–H and O–H groups in total. The Hall–Kier alpha value is -1.13. The Bertz CT molecular complexity index is 661. The molecule has 0 unspecified atom stereocenters. The minimum Gasteiger partial charge on any atom is -0.394 e. The van der Waals surface area contributed by atoms with Crippen molar-refractivity contribution in [3.05, 3.63) is 24.3 Å². The Labute approximate surface area is 288 Å². The zero-order valence-electron chi connectivity index (χ0n) is 31.1. The van der Waals surface area contributed by atoms with Crippen LogP contribution in [-0.4, -0.2) is 34.9 Å². The van der Waals surface area contributed by atoms with Crippen LogP contribution in [0.3, 0.4) is 0 Å². The Kier molecular flexibility index (Phi) is 37.4. The number of amides is 1. The van der Waals surface area contributed by atoms with Crippen molar-refractivity contribution in [1.82, 2.24) is 5.32 Å². The molecule has 0 heterocycles. The molecule has 1 amide bonds. The zero-order valence-corrected chi connectivity index (χ0v) is 31.1. The molecule has 0 bridgehead atoms. The van der Waals surface area contributed by atoms with Gasteiger partial charge in [-0.1, -0.05) is 218 Å². The summed E-state index contributed by atoms with van der Waals surface area (Å²) in [7, 11) is 0. The van der Waals surface area contributed by atoms with E-state index in [4.69, 9.17) is 0 Å². The van der Waals surface area contributed by atoms with Crippen LogP contribution in [0.15, 0.2) is 24.3 Å². The van der Waals surface area contributed by atoms with Crippen LogP contribution in [-0.2, 0) is 4.79 Å². The fraction of sp³-hybridized carbons (Fsp3) is 0.881. The van der Waals surface area contributed by atoms with Crippen LogP contribution in [0.25, 0.3) is 0 Å². The van der Waals surface area contributed by atoms with Crippen molar-refractivity contribution >= 4 is 5.91 Å². The van der Waals surface area contributed by atoms with E-state index in [1.807, 2.05) is 12.2 Å². The second-order valence-corrected chi connectivity index (χ2v) is 14.1. The lowest BCUT2D eigenvalue weighted by Gasteiger charge is -2.19. The van der Waals surface area contributed by atoms with E-state index in [0.29, 0.717) is 6.42 Å². The predicted octanol–water partition coefficient (Wildman–Crippen LogP) is 12.5. The molecule has 0 rings (SSSR count). The summed E-state index contributed by atoms with van der Waals surface area (Å²) in [5.41, 5.74) is 0. The largest absolute Gasteiger partial charge is 0.394 e. The highest BCUT2D eigenvalue weighted by Gasteiger charge is 2.17. The van der Waals surface area contributed by atoms with Crippen LogP contribution in [0.1, 0.15) is 219 Å². The van der Waals surface area contributed by atoms with Gasteiger partial charge >= 0.3 is 0 Å². The summed E-state index contributed by atoms with van der Waals surface area (Å²) in [6.07, 6.45) is 48.6. The number of carbonyl (C=O) groups is 1. The Morgan fingerprint density at radius 3 is 1.24 bits per heavy atom. The monoisotopic (exact) mass is 648 g/mol. The number of rotatable bonds is 37. The summed E-state index contributed by atoms with van der Waals surface area (Å²) in [6, 6.07) is -0.648. The first-order valence-electron chi connectivity index (χ1n) is 20.6. The Balaban J connectivity index is 3.52. The van der Waals surface area contributed by atoms with E-state index in [9.17, 15) is 15.0 Å². The van der Waals surface area contributed by atoms with Crippen molar-refractivity contribution in [2.75, 3.05) is 6.61 Å². The van der Waals surface area contributed by atoms with Crippen LogP contribution >= 0.6 is 0 Å². The number of unbranched alkanes of at least 4 members (excludes halogenated alkanes) is 29. The van der Waals surface area contributed by atoms with Crippen LogP contribution in [0, 0.1) is 0 Å². The number of nitrogens with one attached hydrogen (secondary N) is 1. The molecule has 0 aliphatic heterocycles. The Morgan fingerprint density at radius 2 is 0.870 bits per heavy atom. The molecule has 0 aromatic rings. The number of hydrogen-bond acceptors (Lipinski definition) is 3. The van der Waals surface area contributed by atoms with Gasteiger partial charge in [0.15, 0.2) is 0 Å². The van der Waals surface area contributed by atoms with E-state index in [1.165, 1.54) is 180 Å². The van der Waals surface area contributed by atoms with Crippen molar-refractivity contribution in [2.45, 2.75) is 231 Å². The fourth-order valence-electron chi connectivity index (χ4n) is 6.30. The molecule has 4 heteroatoms. The maximum atomic E-state index is 12.3. The number of allylic oxidation sites excluding steroid dienone is 3. The summed E-state index contributed by atoms with van der Waals surface area (Å²) in [5, 5.41) is 22.8. The molecule has 0 aliphatic carbocycles. The molecule has 0 fully saturated rings. The maximum absolute atomic E-state index is 12.3. The molecule has 0 radical (unpaired) electrons. The van der Waals surface area contributed by atoms with Crippen molar-refractivity contribution in [1.29, 1.82) is 0 Å². The quantitative estimate of drug-likeness (QED) is 0.0464. The van der Waals surface area contributed by atoms with E-state index in [1.54, 1.807) is 6.08 Å². The third-order valence-corrected chi connectivity index (χ3v) is 9.49. The molecule has 0 spiro atoms. The summed E-state index contributed by atoms with van der Waals surface area (Å²) < 4.78 is 0. The minimum atomic E-state index is -0.883. The highest BCUT2D eigenvalue weighted by molar-refractivity contribution is 5.76. The average molecular weight is 648 g/mol. The third kappa shape index (κ3) is 34.2. The molecule has 4 nitrogen and oxygen atoms in total. The van der Waals surface area contributed by atoms with Crippen LogP contribution < -0.4 is 5.32 Å². The summed E-state index contributed by atoms with van der Waals surface area (Å²) >= 11 is 0. The van der Waals surface area contributed by atoms with Gasteiger partial charge in [-0.25, -0.2) is 0 Å². The standard InChI is InChI=1S/C42H81NO3/c1-3-5-7-9-11-13-15-16-17-18-19-20-21-22-23-24-25-26-28-30-32-34-36-38-42(46)43-40(39-44)41(45)37-35-33-31-29-27-14-12-10-8-6-4-2/h31,33,35,37,40-41,44-45H,3-30,32,34,36,38-39H2,1-2H3,(H,43,46)/b33-31+,37-35+/t40-,41+/m0/s1. The van der Waals surface area contributed by atoms with Gasteiger partial charge in [-0.2, -0.15) is 0 Å². The van der Waals surface area contributed by atoms with Gasteiger partial charge in [0.2, 0.25) is 5.91 Å². The molecule has 46 heavy (non-hydrogen) atoms. The van der Waals surface area contributed by atoms with Crippen molar-refractivity contribution < 1.29 is 15.0 Å². The van der Waals surface area contributed by atoms with Gasteiger partial charge in [-0.3, -0.25) is 4.79 Å². The molecule has 0 aliphatic rings. The summed E-state index contributed by atoms with van der Waals surface area (Å²) in [5.74, 6) is -0.0792. The van der Waals surface area contributed by atoms with Gasteiger partial charge in [0.25, 0.3) is 0 Å². The highest BCUT2D eigenvalue weighted by Crippen LogP contribution is 2.16. The van der Waals surface area contributed by atoms with Gasteiger partial charge in [-0.05, 0) is 19.3 Å². The Morgan fingerprint density at radius 1 is 0.522 bits per heavy atom. The molecule has 272 valence electrons. The highest BCUT2D eigenvalue weighted by atomic mass is 16.3. The molecular weight excluding hydrogens is 566 g/mol. The topological polar surface area (TPSA) is 69.6 Å². The molecule has 0 aromatic heterocycles. The van der Waals surface area contributed by atoms with Crippen molar-refractivity contribution in [2.24, 2.45) is 0 Å². The smallest absolute Gasteiger partial charge is 0.220 e. The van der Waals surface area contributed by atoms with E-state index >= 15 is 0 Å². The van der Waals surface area contributed by atoms with Gasteiger partial charge in [0.05, 0.1) is 18.8 Å². The van der Waals surface area contributed by atoms with Crippen LogP contribution in [0.2, 0.25) is 0 Å². The second kappa shape index (κ2) is 38.3. The SMILES string of the molecule is CCCCCCCCC/C=C/C=C/[C@@H](O)[C@H](CO)NC(=O)CCCCCCCCCCCCCCCCCCCCCCCCC. The number of aliphatic hydroxyl groups excluding tert-OH is 2. The number of hydrogen-bond donors (Lipinski definition) is 3. The second-order valence-electron chi connectivity index (χ2n) is 14.1. The lowest BCUT2D eigenvalue weighted by molar-refractivity contribution is -0.123. The van der Waals surface area contributed by atoms with Gasteiger partial charge < -0.3 is 15.5 Å². The van der Waals surface area contributed by atoms with Crippen LogP contribution in [0.4, 0.5) is 0 Å².